The fourth-order valence-corrected chi connectivity index (χ4v) is 5.97. The molecule has 1 aromatic heterocycles. The van der Waals surface area contributed by atoms with Crippen LogP contribution < -0.4 is 31.3 Å². The van der Waals surface area contributed by atoms with Gasteiger partial charge in [0.1, 0.15) is 40.9 Å². The molecule has 258 valence electrons. The molecule has 2 saturated heterocycles. The molecule has 0 bridgehead atoms. The van der Waals surface area contributed by atoms with Gasteiger partial charge in [-0.05, 0) is 69.0 Å². The van der Waals surface area contributed by atoms with Gasteiger partial charge in [-0.25, -0.2) is 18.7 Å². The smallest absolute Gasteiger partial charge is 0.249 e. The largest absolute Gasteiger partial charge is 0.488 e. The summed E-state index contributed by atoms with van der Waals surface area (Å²) in [6.45, 7) is 6.89. The molecule has 3 heterocycles. The Hall–Kier alpha value is -3.98. The van der Waals surface area contributed by atoms with Crippen molar-refractivity contribution in [2.24, 2.45) is 5.41 Å². The number of benzene rings is 2. The van der Waals surface area contributed by atoms with Crippen LogP contribution in [-0.4, -0.2) is 78.7 Å². The van der Waals surface area contributed by atoms with Crippen molar-refractivity contribution in [3.05, 3.63) is 52.8 Å². The Morgan fingerprint density at radius 3 is 2.65 bits per heavy atom. The van der Waals surface area contributed by atoms with Crippen LogP contribution in [0.3, 0.4) is 0 Å². The Morgan fingerprint density at radius 1 is 1.17 bits per heavy atom. The van der Waals surface area contributed by atoms with Gasteiger partial charge in [-0.15, -0.1) is 0 Å². The first-order valence-electron chi connectivity index (χ1n) is 15.9. The summed E-state index contributed by atoms with van der Waals surface area (Å²) in [6, 6.07) is 3.52. The SMILES string of the molecule is CN[C@@H](C)C(=O)N[C@H](C(=O)NC(=O)[C@@H]1CCCN1)C(C)(C)Cc1cc2c(Nc3ccc(F)c(Cl)c3F)ncnc2cc1O[C@@H]1CCOC1. The number of anilines is 2. The highest BCUT2D eigenvalue weighted by molar-refractivity contribution is 6.31. The summed E-state index contributed by atoms with van der Waals surface area (Å²) in [4.78, 5) is 48.5. The number of carbonyl (C=O) groups is 3. The normalized spacial score (nSPS) is 19.1. The maximum atomic E-state index is 14.9. The average Bonchev–Trinajstić information content (AvgIpc) is 3.79. The van der Waals surface area contributed by atoms with E-state index in [0.717, 1.165) is 12.5 Å². The van der Waals surface area contributed by atoms with E-state index in [2.05, 4.69) is 36.6 Å². The molecule has 3 aromatic rings. The van der Waals surface area contributed by atoms with Gasteiger partial charge in [0.25, 0.3) is 0 Å². The van der Waals surface area contributed by atoms with Crippen LogP contribution >= 0.6 is 11.6 Å². The number of likely N-dealkylation sites (N-methyl/N-ethyl adjacent to an activating group) is 1. The van der Waals surface area contributed by atoms with E-state index in [0.29, 0.717) is 54.8 Å². The van der Waals surface area contributed by atoms with E-state index in [1.54, 1.807) is 26.1 Å². The number of nitrogens with zero attached hydrogens (tertiary/aromatic N) is 2. The maximum Gasteiger partial charge on any atom is 0.249 e. The second-order valence-corrected chi connectivity index (χ2v) is 13.1. The van der Waals surface area contributed by atoms with E-state index in [9.17, 15) is 23.2 Å². The molecule has 5 N–H and O–H groups in total. The van der Waals surface area contributed by atoms with Crippen LogP contribution in [0.25, 0.3) is 10.9 Å². The highest BCUT2D eigenvalue weighted by Gasteiger charge is 2.40. The standard InChI is InChI=1S/C33H40ClF2N7O5/c1-17(37-4)30(44)42-28(32(46)43-31(45)23-6-5-10-38-23)33(2,3)14-18-12-20-24(13-25(18)48-19-9-11-47-15-19)39-16-40-29(20)41-22-8-7-21(35)26(34)27(22)36/h7-8,12-13,16-17,19,23,28,37-38H,5-6,9-11,14-15H2,1-4H3,(H,42,44)(H,39,40,41)(H,43,45,46)/t17-,19+,23-,28+/m0/s1. The molecular weight excluding hydrogens is 648 g/mol. The van der Waals surface area contributed by atoms with Crippen molar-refractivity contribution >= 4 is 51.7 Å². The molecule has 48 heavy (non-hydrogen) atoms. The van der Waals surface area contributed by atoms with Crippen molar-refractivity contribution in [3.8, 4) is 5.75 Å². The fraction of sp³-hybridized carbons (Fsp3) is 0.485. The molecule has 0 spiro atoms. The number of aromatic nitrogens is 2. The van der Waals surface area contributed by atoms with Crippen molar-refractivity contribution in [3.63, 3.8) is 0 Å². The Bertz CT molecular complexity index is 1680. The molecule has 2 aliphatic rings. The lowest BCUT2D eigenvalue weighted by Crippen LogP contribution is -2.59. The minimum atomic E-state index is -1.13. The van der Waals surface area contributed by atoms with Gasteiger partial charge in [0.05, 0.1) is 36.5 Å². The predicted molar refractivity (Wildman–Crippen MR) is 176 cm³/mol. The quantitative estimate of drug-likeness (QED) is 0.179. The van der Waals surface area contributed by atoms with Crippen LogP contribution in [0.5, 0.6) is 5.75 Å². The van der Waals surface area contributed by atoms with Crippen molar-refractivity contribution in [1.29, 1.82) is 0 Å². The number of ether oxygens (including phenoxy) is 2. The van der Waals surface area contributed by atoms with Gasteiger partial charge in [0, 0.05) is 17.9 Å². The number of hydrogen-bond donors (Lipinski definition) is 5. The van der Waals surface area contributed by atoms with Gasteiger partial charge < -0.3 is 30.7 Å². The molecule has 0 saturated carbocycles. The minimum absolute atomic E-state index is 0.0915. The molecule has 2 aliphatic heterocycles. The summed E-state index contributed by atoms with van der Waals surface area (Å²) in [6.07, 6.45) is 3.34. The lowest BCUT2D eigenvalue weighted by Gasteiger charge is -2.35. The number of amides is 3. The van der Waals surface area contributed by atoms with E-state index in [-0.39, 0.29) is 24.0 Å². The van der Waals surface area contributed by atoms with Crippen LogP contribution in [0.15, 0.2) is 30.6 Å². The van der Waals surface area contributed by atoms with Crippen LogP contribution in [0.4, 0.5) is 20.3 Å². The van der Waals surface area contributed by atoms with E-state index in [1.807, 2.05) is 13.8 Å². The molecule has 2 aromatic carbocycles. The third kappa shape index (κ3) is 8.00. The van der Waals surface area contributed by atoms with E-state index < -0.39 is 57.9 Å². The zero-order valence-corrected chi connectivity index (χ0v) is 28.0. The van der Waals surface area contributed by atoms with Gasteiger partial charge in [-0.2, -0.15) is 0 Å². The summed E-state index contributed by atoms with van der Waals surface area (Å²) in [5, 5.41) is 14.0. The molecular formula is C33H40ClF2N7O5. The Labute approximate surface area is 282 Å². The highest BCUT2D eigenvalue weighted by atomic mass is 35.5. The Balaban J connectivity index is 1.53. The van der Waals surface area contributed by atoms with Gasteiger partial charge in [-0.1, -0.05) is 25.4 Å². The Morgan fingerprint density at radius 2 is 1.96 bits per heavy atom. The molecule has 0 unspecified atom stereocenters. The topological polar surface area (TPSA) is 156 Å². The van der Waals surface area contributed by atoms with Crippen LogP contribution in [0.1, 0.15) is 45.6 Å². The predicted octanol–water partition coefficient (Wildman–Crippen LogP) is 3.53. The lowest BCUT2D eigenvalue weighted by molar-refractivity contribution is -0.137. The van der Waals surface area contributed by atoms with Gasteiger partial charge in [0.15, 0.2) is 5.82 Å². The summed E-state index contributed by atoms with van der Waals surface area (Å²) in [5.41, 5.74) is 0.0178. The van der Waals surface area contributed by atoms with Crippen molar-refractivity contribution < 1.29 is 32.6 Å². The zero-order valence-electron chi connectivity index (χ0n) is 27.2. The first kappa shape index (κ1) is 35.3. The van der Waals surface area contributed by atoms with Crippen molar-refractivity contribution in [2.75, 3.05) is 32.1 Å². The maximum absolute atomic E-state index is 14.9. The third-order valence-corrected chi connectivity index (χ3v) is 9.06. The number of carbonyl (C=O) groups excluding carboxylic acids is 3. The summed E-state index contributed by atoms with van der Waals surface area (Å²) in [5.74, 6) is -2.69. The first-order valence-corrected chi connectivity index (χ1v) is 16.2. The van der Waals surface area contributed by atoms with Crippen molar-refractivity contribution in [1.82, 2.24) is 31.2 Å². The fourth-order valence-electron chi connectivity index (χ4n) is 5.81. The summed E-state index contributed by atoms with van der Waals surface area (Å²) in [7, 11) is 1.63. The average molecular weight is 688 g/mol. The molecule has 12 nitrogen and oxygen atoms in total. The molecule has 0 aliphatic carbocycles. The van der Waals surface area contributed by atoms with E-state index in [1.165, 1.54) is 12.4 Å². The molecule has 3 amide bonds. The monoisotopic (exact) mass is 687 g/mol. The number of rotatable bonds is 12. The van der Waals surface area contributed by atoms with Crippen LogP contribution in [0.2, 0.25) is 5.02 Å². The molecule has 0 radical (unpaired) electrons. The minimum Gasteiger partial charge on any atom is -0.488 e. The number of hydrogen-bond acceptors (Lipinski definition) is 10. The lowest BCUT2D eigenvalue weighted by atomic mass is 9.77. The zero-order chi connectivity index (χ0) is 34.6. The Kier molecular flexibility index (Phi) is 11.1. The number of fused-ring (bicyclic) bond motifs is 1. The van der Waals surface area contributed by atoms with Gasteiger partial charge in [-0.3, -0.25) is 19.7 Å². The second-order valence-electron chi connectivity index (χ2n) is 12.8. The van der Waals surface area contributed by atoms with E-state index >= 15 is 0 Å². The van der Waals surface area contributed by atoms with Crippen LogP contribution in [-0.2, 0) is 25.5 Å². The summed E-state index contributed by atoms with van der Waals surface area (Å²) >= 11 is 5.81. The first-order chi connectivity index (χ1) is 22.9. The van der Waals surface area contributed by atoms with Gasteiger partial charge in [0.2, 0.25) is 17.7 Å². The molecule has 2 fully saturated rings. The van der Waals surface area contributed by atoms with Crippen molar-refractivity contribution in [2.45, 2.75) is 70.7 Å². The second kappa shape index (κ2) is 15.1. The van der Waals surface area contributed by atoms with E-state index in [4.69, 9.17) is 21.1 Å². The van der Waals surface area contributed by atoms with Gasteiger partial charge >= 0.3 is 0 Å². The number of nitrogens with one attached hydrogen (secondary N) is 5. The molecule has 4 atom stereocenters. The van der Waals surface area contributed by atoms with Crippen LogP contribution in [0, 0.1) is 17.0 Å². The highest BCUT2D eigenvalue weighted by Crippen LogP contribution is 2.37. The third-order valence-electron chi connectivity index (χ3n) is 8.71. The number of halogens is 3. The summed E-state index contributed by atoms with van der Waals surface area (Å²) < 4.78 is 40.6. The molecule has 15 heteroatoms. The molecule has 5 rings (SSSR count). The number of imide groups is 1.